The first-order valence-corrected chi connectivity index (χ1v) is 10.2. The molecule has 2 aliphatic heterocycles. The molecule has 27 heavy (non-hydrogen) atoms. The maximum atomic E-state index is 12.5. The Hall–Kier alpha value is -2.33. The van der Waals surface area contributed by atoms with Gasteiger partial charge in [0.15, 0.2) is 0 Å². The fraction of sp³-hybridized carbons (Fsp3) is 0.435. The number of benzene rings is 2. The zero-order valence-corrected chi connectivity index (χ0v) is 15.9. The van der Waals surface area contributed by atoms with Crippen LogP contribution in [0.3, 0.4) is 0 Å². The third-order valence-electron chi connectivity index (χ3n) is 5.87. The van der Waals surface area contributed by atoms with Crippen molar-refractivity contribution in [1.82, 2.24) is 5.32 Å². The fourth-order valence-electron chi connectivity index (χ4n) is 4.27. The first-order chi connectivity index (χ1) is 13.3. The smallest absolute Gasteiger partial charge is 0.224 e. The molecule has 1 fully saturated rings. The molecule has 2 aliphatic rings. The molecule has 4 rings (SSSR count). The molecule has 2 heterocycles. The van der Waals surface area contributed by atoms with Gasteiger partial charge in [-0.05, 0) is 68.0 Å². The van der Waals surface area contributed by atoms with E-state index in [2.05, 4.69) is 51.9 Å². The predicted molar refractivity (Wildman–Crippen MR) is 111 cm³/mol. The Morgan fingerprint density at radius 3 is 2.74 bits per heavy atom. The molecule has 0 saturated carbocycles. The van der Waals surface area contributed by atoms with E-state index in [-0.39, 0.29) is 5.91 Å². The lowest BCUT2D eigenvalue weighted by molar-refractivity contribution is -0.116. The van der Waals surface area contributed by atoms with Crippen molar-refractivity contribution in [3.05, 3.63) is 59.7 Å². The number of hydrogen-bond acceptors (Lipinski definition) is 3. The number of fused-ring (bicyclic) bond motifs is 1. The van der Waals surface area contributed by atoms with E-state index in [0.717, 1.165) is 44.7 Å². The van der Waals surface area contributed by atoms with Gasteiger partial charge in [0.1, 0.15) is 0 Å². The molecule has 2 aromatic rings. The lowest BCUT2D eigenvalue weighted by atomic mass is 9.93. The molecule has 1 amide bonds. The van der Waals surface area contributed by atoms with Crippen LogP contribution < -0.4 is 15.5 Å². The van der Waals surface area contributed by atoms with Gasteiger partial charge in [0.05, 0.1) is 0 Å². The van der Waals surface area contributed by atoms with Crippen molar-refractivity contribution >= 4 is 17.3 Å². The van der Waals surface area contributed by atoms with Crippen LogP contribution in [-0.4, -0.2) is 25.5 Å². The molecular weight excluding hydrogens is 334 g/mol. The Morgan fingerprint density at radius 1 is 1.07 bits per heavy atom. The van der Waals surface area contributed by atoms with Crippen molar-refractivity contribution in [1.29, 1.82) is 0 Å². The molecule has 142 valence electrons. The number of amides is 1. The fourth-order valence-corrected chi connectivity index (χ4v) is 4.27. The van der Waals surface area contributed by atoms with Gasteiger partial charge in [-0.15, -0.1) is 0 Å². The van der Waals surface area contributed by atoms with Gasteiger partial charge in [0.2, 0.25) is 5.91 Å². The molecule has 0 radical (unpaired) electrons. The number of hydrogen-bond donors (Lipinski definition) is 2. The Balaban J connectivity index is 1.37. The van der Waals surface area contributed by atoms with E-state index in [9.17, 15) is 4.79 Å². The van der Waals surface area contributed by atoms with Crippen LogP contribution in [0, 0.1) is 5.92 Å². The second-order valence-corrected chi connectivity index (χ2v) is 7.74. The third kappa shape index (κ3) is 4.51. The second-order valence-electron chi connectivity index (χ2n) is 7.74. The van der Waals surface area contributed by atoms with Gasteiger partial charge in [-0.25, -0.2) is 0 Å². The molecule has 0 bridgehead atoms. The summed E-state index contributed by atoms with van der Waals surface area (Å²) in [6, 6.07) is 16.8. The van der Waals surface area contributed by atoms with Crippen molar-refractivity contribution < 1.29 is 4.79 Å². The number of para-hydroxylation sites is 2. The largest absolute Gasteiger partial charge is 0.367 e. The van der Waals surface area contributed by atoms with Crippen LogP contribution in [0.1, 0.15) is 36.8 Å². The number of piperidine rings is 1. The average molecular weight is 364 g/mol. The van der Waals surface area contributed by atoms with Crippen molar-refractivity contribution in [3.63, 3.8) is 0 Å². The van der Waals surface area contributed by atoms with Crippen LogP contribution in [-0.2, 0) is 17.8 Å². The van der Waals surface area contributed by atoms with Crippen LogP contribution in [0.4, 0.5) is 11.4 Å². The first-order valence-electron chi connectivity index (χ1n) is 10.2. The predicted octanol–water partition coefficient (Wildman–Crippen LogP) is 3.97. The maximum Gasteiger partial charge on any atom is 0.224 e. The average Bonchev–Trinajstić information content (AvgIpc) is 3.12. The topological polar surface area (TPSA) is 44.4 Å². The maximum absolute atomic E-state index is 12.5. The molecule has 0 aromatic heterocycles. The van der Waals surface area contributed by atoms with E-state index in [0.29, 0.717) is 12.3 Å². The molecule has 2 aromatic carbocycles. The van der Waals surface area contributed by atoms with Crippen molar-refractivity contribution in [2.75, 3.05) is 29.9 Å². The van der Waals surface area contributed by atoms with Crippen LogP contribution in [0.2, 0.25) is 0 Å². The molecular formula is C23H29N3O. The highest BCUT2D eigenvalue weighted by atomic mass is 16.1. The van der Waals surface area contributed by atoms with Crippen molar-refractivity contribution in [3.8, 4) is 0 Å². The lowest BCUT2D eigenvalue weighted by Gasteiger charge is -2.23. The standard InChI is InChI=1S/C23H29N3O/c27-23(10-9-18-11-14-24-15-12-18)25-21-7-3-1-6-20(21)17-26-16-13-19-5-2-4-8-22(19)26/h1-8,18,24H,9-17H2,(H,25,27). The lowest BCUT2D eigenvalue weighted by Crippen LogP contribution is -2.28. The highest BCUT2D eigenvalue weighted by Crippen LogP contribution is 2.30. The van der Waals surface area contributed by atoms with Crippen molar-refractivity contribution in [2.45, 2.75) is 38.6 Å². The van der Waals surface area contributed by atoms with Crippen LogP contribution in [0.5, 0.6) is 0 Å². The monoisotopic (exact) mass is 363 g/mol. The summed E-state index contributed by atoms with van der Waals surface area (Å²) >= 11 is 0. The minimum Gasteiger partial charge on any atom is -0.367 e. The van der Waals surface area contributed by atoms with Gasteiger partial charge in [-0.1, -0.05) is 36.4 Å². The molecule has 1 saturated heterocycles. The van der Waals surface area contributed by atoms with E-state index in [4.69, 9.17) is 0 Å². The Morgan fingerprint density at radius 2 is 1.85 bits per heavy atom. The summed E-state index contributed by atoms with van der Waals surface area (Å²) in [6.07, 6.45) is 5.10. The summed E-state index contributed by atoms with van der Waals surface area (Å²) in [6.45, 7) is 4.05. The normalized spacial score (nSPS) is 17.0. The van der Waals surface area contributed by atoms with E-state index in [1.54, 1.807) is 0 Å². The molecule has 4 heteroatoms. The first kappa shape index (κ1) is 18.1. The quantitative estimate of drug-likeness (QED) is 0.816. The number of nitrogens with zero attached hydrogens (tertiary/aromatic N) is 1. The van der Waals surface area contributed by atoms with Gasteiger partial charge in [0, 0.05) is 30.9 Å². The summed E-state index contributed by atoms with van der Waals surface area (Å²) in [7, 11) is 0. The SMILES string of the molecule is O=C(CCC1CCNCC1)Nc1ccccc1CN1CCc2ccccc21. The summed E-state index contributed by atoms with van der Waals surface area (Å²) in [5.74, 6) is 0.830. The Labute approximate surface area is 162 Å². The zero-order chi connectivity index (χ0) is 18.5. The van der Waals surface area contributed by atoms with Gasteiger partial charge in [0.25, 0.3) is 0 Å². The third-order valence-corrected chi connectivity index (χ3v) is 5.87. The summed E-state index contributed by atoms with van der Waals surface area (Å²) < 4.78 is 0. The Kier molecular flexibility index (Phi) is 5.73. The molecule has 4 nitrogen and oxygen atoms in total. The van der Waals surface area contributed by atoms with E-state index in [1.165, 1.54) is 29.7 Å². The summed E-state index contributed by atoms with van der Waals surface area (Å²) in [5, 5.41) is 6.55. The van der Waals surface area contributed by atoms with Gasteiger partial charge < -0.3 is 15.5 Å². The molecule has 0 spiro atoms. The number of rotatable bonds is 6. The highest BCUT2D eigenvalue weighted by molar-refractivity contribution is 5.91. The van der Waals surface area contributed by atoms with Crippen LogP contribution >= 0.6 is 0 Å². The van der Waals surface area contributed by atoms with Crippen LogP contribution in [0.15, 0.2) is 48.5 Å². The Bertz CT molecular complexity index is 783. The molecule has 0 aliphatic carbocycles. The molecule has 0 atom stereocenters. The van der Waals surface area contributed by atoms with Crippen molar-refractivity contribution in [2.24, 2.45) is 5.92 Å². The number of anilines is 2. The second kappa shape index (κ2) is 8.57. The number of nitrogens with one attached hydrogen (secondary N) is 2. The number of carbonyl (C=O) groups excluding carboxylic acids is 1. The summed E-state index contributed by atoms with van der Waals surface area (Å²) in [4.78, 5) is 14.9. The molecule has 2 N–H and O–H groups in total. The molecule has 0 unspecified atom stereocenters. The van der Waals surface area contributed by atoms with Gasteiger partial charge in [-0.3, -0.25) is 4.79 Å². The minimum absolute atomic E-state index is 0.141. The summed E-state index contributed by atoms with van der Waals surface area (Å²) in [5.41, 5.74) is 4.88. The van der Waals surface area contributed by atoms with Gasteiger partial charge in [-0.2, -0.15) is 0 Å². The van der Waals surface area contributed by atoms with E-state index >= 15 is 0 Å². The number of carbonyl (C=O) groups is 1. The zero-order valence-electron chi connectivity index (χ0n) is 15.9. The van der Waals surface area contributed by atoms with Crippen LogP contribution in [0.25, 0.3) is 0 Å². The van der Waals surface area contributed by atoms with E-state index in [1.807, 2.05) is 12.1 Å². The highest BCUT2D eigenvalue weighted by Gasteiger charge is 2.20. The van der Waals surface area contributed by atoms with Gasteiger partial charge >= 0.3 is 0 Å². The van der Waals surface area contributed by atoms with E-state index < -0.39 is 0 Å². The minimum atomic E-state index is 0.141.